The molecule has 1 aliphatic carbocycles. The van der Waals surface area contributed by atoms with E-state index in [1.807, 2.05) is 23.8 Å². The zero-order valence-electron chi connectivity index (χ0n) is 17.3. The number of benzene rings is 1. The summed E-state index contributed by atoms with van der Waals surface area (Å²) in [5.74, 6) is -0.0380. The van der Waals surface area contributed by atoms with Crippen molar-refractivity contribution in [2.75, 3.05) is 37.3 Å². The first kappa shape index (κ1) is 22.0. The van der Waals surface area contributed by atoms with Gasteiger partial charge in [0.15, 0.2) is 0 Å². The molecule has 31 heavy (non-hydrogen) atoms. The van der Waals surface area contributed by atoms with Crippen LogP contribution in [-0.4, -0.2) is 59.3 Å². The van der Waals surface area contributed by atoms with Gasteiger partial charge in [0.1, 0.15) is 17.3 Å². The molecule has 6 nitrogen and oxygen atoms in total. The molecule has 1 amide bonds. The summed E-state index contributed by atoms with van der Waals surface area (Å²) in [6.07, 6.45) is 9.34. The van der Waals surface area contributed by atoms with E-state index in [4.69, 9.17) is 11.6 Å². The molecule has 0 spiro atoms. The molecule has 2 aromatic rings. The van der Waals surface area contributed by atoms with Crippen molar-refractivity contribution < 1.29 is 9.18 Å². The predicted molar refractivity (Wildman–Crippen MR) is 123 cm³/mol. The van der Waals surface area contributed by atoms with Crippen molar-refractivity contribution in [3.63, 3.8) is 0 Å². The third-order valence-electron chi connectivity index (χ3n) is 5.59. The molecule has 1 saturated carbocycles. The van der Waals surface area contributed by atoms with Crippen molar-refractivity contribution >= 4 is 35.1 Å². The summed E-state index contributed by atoms with van der Waals surface area (Å²) in [5.41, 5.74) is 1.01. The second kappa shape index (κ2) is 9.97. The number of anilines is 1. The molecule has 0 radical (unpaired) electrons. The molecular weight excluding hydrogens is 437 g/mol. The Labute approximate surface area is 190 Å². The molecule has 1 aromatic carbocycles. The third kappa shape index (κ3) is 5.19. The highest BCUT2D eigenvalue weighted by molar-refractivity contribution is 8.01. The summed E-state index contributed by atoms with van der Waals surface area (Å²) in [7, 11) is 0. The lowest BCUT2D eigenvalue weighted by Crippen LogP contribution is -2.49. The lowest BCUT2D eigenvalue weighted by Gasteiger charge is -2.42. The monoisotopic (exact) mass is 461 g/mol. The number of carbonyl (C=O) groups is 1. The fourth-order valence-electron chi connectivity index (χ4n) is 3.87. The van der Waals surface area contributed by atoms with Crippen LogP contribution in [0.2, 0.25) is 5.02 Å². The molecule has 1 N–H and O–H groups in total. The minimum Gasteiger partial charge on any atom is -0.347 e. The van der Waals surface area contributed by atoms with Gasteiger partial charge in [-0.1, -0.05) is 29.8 Å². The molecule has 9 heteroatoms. The summed E-state index contributed by atoms with van der Waals surface area (Å²) in [5, 5.41) is 4.85. The van der Waals surface area contributed by atoms with Gasteiger partial charge < -0.3 is 10.2 Å². The fraction of sp³-hybridized carbons (Fsp3) is 0.409. The number of halogens is 2. The molecule has 1 unspecified atom stereocenters. The Bertz CT molecular complexity index is 953. The number of thioether (sulfide) groups is 1. The van der Waals surface area contributed by atoms with E-state index in [0.717, 1.165) is 25.2 Å². The van der Waals surface area contributed by atoms with Gasteiger partial charge in [0.25, 0.3) is 5.91 Å². The smallest absolute Gasteiger partial charge is 0.271 e. The average molecular weight is 462 g/mol. The van der Waals surface area contributed by atoms with Crippen molar-refractivity contribution in [3.05, 3.63) is 64.2 Å². The molecule has 4 rings (SSSR count). The van der Waals surface area contributed by atoms with E-state index in [9.17, 15) is 9.18 Å². The van der Waals surface area contributed by atoms with Gasteiger partial charge in [0.05, 0.1) is 23.5 Å². The zero-order valence-corrected chi connectivity index (χ0v) is 18.9. The van der Waals surface area contributed by atoms with E-state index in [-0.39, 0.29) is 22.7 Å². The van der Waals surface area contributed by atoms with Gasteiger partial charge in [-0.25, -0.2) is 14.4 Å². The van der Waals surface area contributed by atoms with E-state index in [1.165, 1.54) is 25.1 Å². The first-order valence-electron chi connectivity index (χ1n) is 10.3. The van der Waals surface area contributed by atoms with E-state index >= 15 is 0 Å². The number of nitrogens with one attached hydrogen (secondary N) is 1. The Morgan fingerprint density at radius 2 is 2.16 bits per heavy atom. The first-order chi connectivity index (χ1) is 15.1. The lowest BCUT2D eigenvalue weighted by atomic mass is 10.0. The number of nitrogens with zero attached hydrogens (tertiary/aromatic N) is 4. The molecule has 164 valence electrons. The lowest BCUT2D eigenvalue weighted by molar-refractivity contribution is 0.0952. The van der Waals surface area contributed by atoms with Crippen LogP contribution in [0.4, 0.5) is 10.2 Å². The van der Waals surface area contributed by atoms with Crippen molar-refractivity contribution in [1.29, 1.82) is 0 Å². The molecule has 2 heterocycles. The second-order valence-corrected chi connectivity index (χ2v) is 8.78. The van der Waals surface area contributed by atoms with Gasteiger partial charge in [-0.05, 0) is 36.1 Å². The maximum absolute atomic E-state index is 14.2. The minimum atomic E-state index is -0.420. The number of rotatable bonds is 7. The number of hydrogen-bond acceptors (Lipinski definition) is 6. The number of piperazine rings is 1. The maximum Gasteiger partial charge on any atom is 0.271 e. The number of amides is 1. The van der Waals surface area contributed by atoms with Crippen LogP contribution in [-0.2, 0) is 0 Å². The van der Waals surface area contributed by atoms with Crippen LogP contribution in [0.15, 0.2) is 42.1 Å². The Balaban J connectivity index is 1.54. The highest BCUT2D eigenvalue weighted by atomic mass is 35.5. The summed E-state index contributed by atoms with van der Waals surface area (Å²) in [6, 6.07) is 5.41. The standard InChI is InChI=1S/C22H25ClFN5OS/c1-31-11-3-8-25-22(30)18-12-27-20(13-26-18)29-10-9-28(15-6-7-15)14-19(29)16-4-2-5-17(24)21(16)23/h2-5,11-13,15,19H,6-10,14H2,1H3,(H,25,30)/b11-3+. The normalized spacial score (nSPS) is 19.7. The predicted octanol–water partition coefficient (Wildman–Crippen LogP) is 3.90. The van der Waals surface area contributed by atoms with Gasteiger partial charge in [-0.2, -0.15) is 0 Å². The molecule has 1 aliphatic heterocycles. The molecule has 2 aliphatic rings. The van der Waals surface area contributed by atoms with Gasteiger partial charge in [0, 0.05) is 32.2 Å². The fourth-order valence-corrected chi connectivity index (χ4v) is 4.41. The van der Waals surface area contributed by atoms with Crippen LogP contribution in [0.5, 0.6) is 0 Å². The third-order valence-corrected chi connectivity index (χ3v) is 6.46. The van der Waals surface area contributed by atoms with Crippen molar-refractivity contribution in [2.24, 2.45) is 0 Å². The average Bonchev–Trinajstić information content (AvgIpc) is 3.64. The van der Waals surface area contributed by atoms with E-state index in [0.29, 0.717) is 18.4 Å². The van der Waals surface area contributed by atoms with Crippen molar-refractivity contribution in [3.8, 4) is 0 Å². The summed E-state index contributed by atoms with van der Waals surface area (Å²) < 4.78 is 14.2. The molecular formula is C22H25ClFN5OS. The van der Waals surface area contributed by atoms with Gasteiger partial charge in [0.2, 0.25) is 0 Å². The van der Waals surface area contributed by atoms with Crippen molar-refractivity contribution in [1.82, 2.24) is 20.2 Å². The first-order valence-corrected chi connectivity index (χ1v) is 12.0. The summed E-state index contributed by atoms with van der Waals surface area (Å²) >= 11 is 7.91. The number of hydrogen-bond donors (Lipinski definition) is 1. The molecule has 1 saturated heterocycles. The van der Waals surface area contributed by atoms with Gasteiger partial charge in [-0.15, -0.1) is 11.8 Å². The molecule has 1 aromatic heterocycles. The summed E-state index contributed by atoms with van der Waals surface area (Å²) in [6.45, 7) is 2.82. The quantitative estimate of drug-likeness (QED) is 0.674. The van der Waals surface area contributed by atoms with Crippen LogP contribution < -0.4 is 10.2 Å². The Morgan fingerprint density at radius 3 is 2.87 bits per heavy atom. The van der Waals surface area contributed by atoms with Gasteiger partial charge in [-0.3, -0.25) is 9.69 Å². The zero-order chi connectivity index (χ0) is 21.8. The Kier molecular flexibility index (Phi) is 7.09. The van der Waals surface area contributed by atoms with Crippen LogP contribution in [0.3, 0.4) is 0 Å². The Morgan fingerprint density at radius 1 is 1.32 bits per heavy atom. The summed E-state index contributed by atoms with van der Waals surface area (Å²) in [4.78, 5) is 25.6. The van der Waals surface area contributed by atoms with E-state index in [2.05, 4.69) is 25.1 Å². The topological polar surface area (TPSA) is 61.4 Å². The SMILES string of the molecule is CS/C=C/CNC(=O)c1cnc(N2CCN(C3CC3)CC2c2cccc(F)c2Cl)cn1. The van der Waals surface area contributed by atoms with Crippen molar-refractivity contribution in [2.45, 2.75) is 24.9 Å². The largest absolute Gasteiger partial charge is 0.347 e. The number of aromatic nitrogens is 2. The molecule has 0 bridgehead atoms. The number of carbonyl (C=O) groups excluding carboxylic acids is 1. The Hall–Kier alpha value is -2.16. The van der Waals surface area contributed by atoms with Crippen LogP contribution in [0.1, 0.15) is 34.9 Å². The van der Waals surface area contributed by atoms with E-state index < -0.39 is 5.82 Å². The van der Waals surface area contributed by atoms with Crippen LogP contribution in [0, 0.1) is 5.82 Å². The highest BCUT2D eigenvalue weighted by Crippen LogP contribution is 2.37. The second-order valence-electron chi connectivity index (χ2n) is 7.66. The van der Waals surface area contributed by atoms with Crippen LogP contribution in [0.25, 0.3) is 0 Å². The molecule has 2 fully saturated rings. The van der Waals surface area contributed by atoms with Gasteiger partial charge >= 0.3 is 0 Å². The highest BCUT2D eigenvalue weighted by Gasteiger charge is 2.37. The molecule has 1 atom stereocenters. The maximum atomic E-state index is 14.2. The van der Waals surface area contributed by atoms with Crippen LogP contribution >= 0.6 is 23.4 Å². The van der Waals surface area contributed by atoms with E-state index in [1.54, 1.807) is 24.0 Å². The minimum absolute atomic E-state index is 0.136.